The molecule has 0 spiro atoms. The summed E-state index contributed by atoms with van der Waals surface area (Å²) in [5, 5.41) is 2.77. The van der Waals surface area contributed by atoms with E-state index in [1.807, 2.05) is 53.1 Å². The number of carbonyl (C=O) groups excluding carboxylic acids is 2. The monoisotopic (exact) mass is 363 g/mol. The minimum absolute atomic E-state index is 0.224. The first-order chi connectivity index (χ1) is 13.1. The van der Waals surface area contributed by atoms with Gasteiger partial charge in [-0.25, -0.2) is 4.98 Å². The first-order valence-corrected chi connectivity index (χ1v) is 9.17. The summed E-state index contributed by atoms with van der Waals surface area (Å²) in [6.07, 6.45) is 0.923. The lowest BCUT2D eigenvalue weighted by atomic mass is 9.89. The second-order valence-electron chi connectivity index (χ2n) is 6.55. The highest BCUT2D eigenvalue weighted by atomic mass is 16.5. The van der Waals surface area contributed by atoms with E-state index < -0.39 is 17.9 Å². The van der Waals surface area contributed by atoms with Crippen LogP contribution in [0.25, 0.3) is 11.0 Å². The Morgan fingerprint density at radius 2 is 1.89 bits per heavy atom. The van der Waals surface area contributed by atoms with E-state index in [1.54, 1.807) is 6.92 Å². The summed E-state index contributed by atoms with van der Waals surface area (Å²) in [5.74, 6) is -1.43. The third-order valence-corrected chi connectivity index (χ3v) is 4.98. The van der Waals surface area contributed by atoms with Crippen LogP contribution in [-0.2, 0) is 20.7 Å². The molecule has 0 unspecified atom stereocenters. The van der Waals surface area contributed by atoms with Crippen LogP contribution in [0.15, 0.2) is 48.5 Å². The molecule has 1 aromatic heterocycles. The van der Waals surface area contributed by atoms with E-state index in [1.165, 1.54) is 5.56 Å². The highest BCUT2D eigenvalue weighted by molar-refractivity contribution is 6.07. The molecule has 0 fully saturated rings. The number of rotatable bonds is 4. The van der Waals surface area contributed by atoms with Crippen LogP contribution in [0.5, 0.6) is 0 Å². The fourth-order valence-electron chi connectivity index (χ4n) is 3.65. The number of nitrogens with zero attached hydrogens (tertiary/aromatic N) is 2. The van der Waals surface area contributed by atoms with Gasteiger partial charge in [-0.3, -0.25) is 14.9 Å². The van der Waals surface area contributed by atoms with Gasteiger partial charge in [0.15, 0.2) is 5.92 Å². The highest BCUT2D eigenvalue weighted by Gasteiger charge is 2.44. The molecule has 1 aliphatic heterocycles. The molecule has 27 heavy (non-hydrogen) atoms. The van der Waals surface area contributed by atoms with Gasteiger partial charge in [0.2, 0.25) is 11.9 Å². The first kappa shape index (κ1) is 17.3. The van der Waals surface area contributed by atoms with E-state index in [2.05, 4.69) is 17.2 Å². The number of carbonyl (C=O) groups is 2. The molecule has 0 aliphatic carbocycles. The molecule has 0 radical (unpaired) electrons. The van der Waals surface area contributed by atoms with Crippen LogP contribution in [0, 0.1) is 5.92 Å². The maximum atomic E-state index is 12.8. The van der Waals surface area contributed by atoms with Gasteiger partial charge < -0.3 is 9.30 Å². The van der Waals surface area contributed by atoms with Crippen molar-refractivity contribution in [2.75, 3.05) is 11.9 Å². The molecule has 138 valence electrons. The smallest absolute Gasteiger partial charge is 0.321 e. The molecule has 0 saturated carbocycles. The van der Waals surface area contributed by atoms with Crippen molar-refractivity contribution < 1.29 is 14.3 Å². The van der Waals surface area contributed by atoms with Gasteiger partial charge >= 0.3 is 5.97 Å². The number of aromatic nitrogens is 2. The van der Waals surface area contributed by atoms with Crippen LogP contribution in [0.4, 0.5) is 5.95 Å². The zero-order valence-electron chi connectivity index (χ0n) is 15.3. The van der Waals surface area contributed by atoms with Crippen LogP contribution >= 0.6 is 0 Å². The minimum atomic E-state index is -0.970. The van der Waals surface area contributed by atoms with E-state index >= 15 is 0 Å². The van der Waals surface area contributed by atoms with Crippen molar-refractivity contribution >= 4 is 28.9 Å². The molecule has 1 amide bonds. The molecule has 1 N–H and O–H groups in total. The maximum Gasteiger partial charge on any atom is 0.321 e. The summed E-state index contributed by atoms with van der Waals surface area (Å²) in [7, 11) is 0. The number of amides is 1. The van der Waals surface area contributed by atoms with Crippen molar-refractivity contribution in [3.8, 4) is 0 Å². The number of esters is 1. The molecule has 2 heterocycles. The van der Waals surface area contributed by atoms with E-state index in [0.717, 1.165) is 23.0 Å². The molecule has 2 atom stereocenters. The zero-order chi connectivity index (χ0) is 19.0. The van der Waals surface area contributed by atoms with Gasteiger partial charge in [0.25, 0.3) is 0 Å². The first-order valence-electron chi connectivity index (χ1n) is 9.17. The minimum Gasteiger partial charge on any atom is -0.465 e. The topological polar surface area (TPSA) is 73.2 Å². The van der Waals surface area contributed by atoms with Gasteiger partial charge in [-0.2, -0.15) is 0 Å². The van der Waals surface area contributed by atoms with Crippen molar-refractivity contribution in [2.24, 2.45) is 5.92 Å². The van der Waals surface area contributed by atoms with E-state index in [9.17, 15) is 9.59 Å². The van der Waals surface area contributed by atoms with Crippen molar-refractivity contribution in [1.82, 2.24) is 9.55 Å². The number of para-hydroxylation sites is 2. The summed E-state index contributed by atoms with van der Waals surface area (Å²) in [6, 6.07) is 15.2. The summed E-state index contributed by atoms with van der Waals surface area (Å²) < 4.78 is 7.15. The van der Waals surface area contributed by atoms with Crippen LogP contribution in [0.1, 0.15) is 31.0 Å². The lowest BCUT2D eigenvalue weighted by Crippen LogP contribution is -2.43. The third-order valence-electron chi connectivity index (χ3n) is 4.98. The summed E-state index contributed by atoms with van der Waals surface area (Å²) >= 11 is 0. The average molecular weight is 363 g/mol. The summed E-state index contributed by atoms with van der Waals surface area (Å²) in [5.41, 5.74) is 3.71. The molecule has 0 bridgehead atoms. The Morgan fingerprint density at radius 1 is 1.15 bits per heavy atom. The maximum absolute atomic E-state index is 12.8. The number of nitrogens with one attached hydrogen (secondary N) is 1. The van der Waals surface area contributed by atoms with Crippen molar-refractivity contribution in [1.29, 1.82) is 0 Å². The zero-order valence-corrected chi connectivity index (χ0v) is 15.3. The number of aryl methyl sites for hydroxylation is 1. The Hall–Kier alpha value is -3.15. The summed E-state index contributed by atoms with van der Waals surface area (Å²) in [4.78, 5) is 30.0. The average Bonchev–Trinajstić information content (AvgIpc) is 3.05. The van der Waals surface area contributed by atoms with Gasteiger partial charge in [-0.15, -0.1) is 0 Å². The number of hydrogen-bond donors (Lipinski definition) is 1. The number of imidazole rings is 1. The Balaban J connectivity index is 1.92. The molecule has 6 heteroatoms. The summed E-state index contributed by atoms with van der Waals surface area (Å²) in [6.45, 7) is 4.05. The number of hydrogen-bond acceptors (Lipinski definition) is 4. The molecule has 0 saturated heterocycles. The lowest BCUT2D eigenvalue weighted by molar-refractivity contribution is -0.152. The Labute approximate surface area is 157 Å². The molecular weight excluding hydrogens is 342 g/mol. The molecule has 1 aliphatic rings. The van der Waals surface area contributed by atoms with Gasteiger partial charge in [-0.1, -0.05) is 43.3 Å². The predicted molar refractivity (Wildman–Crippen MR) is 102 cm³/mol. The van der Waals surface area contributed by atoms with Gasteiger partial charge in [-0.05, 0) is 36.6 Å². The van der Waals surface area contributed by atoms with Crippen LogP contribution in [0.2, 0.25) is 0 Å². The predicted octanol–water partition coefficient (Wildman–Crippen LogP) is 3.32. The molecular formula is C21H21N3O3. The normalized spacial score (nSPS) is 18.8. The Morgan fingerprint density at radius 3 is 2.59 bits per heavy atom. The molecule has 4 rings (SSSR count). The number of fused-ring (bicyclic) bond motifs is 3. The van der Waals surface area contributed by atoms with Crippen molar-refractivity contribution in [3.05, 3.63) is 59.7 Å². The number of anilines is 1. The molecule has 2 aromatic carbocycles. The standard InChI is InChI=1S/C21H21N3O3/c1-3-13-9-11-14(12-10-13)18-17(20(26)27-4-2)19(25)23-21-22-15-7-5-6-8-16(15)24(18)21/h5-12,17-18H,3-4H2,1-2H3,(H,22,23,25)/t17-,18-/m0/s1. The quantitative estimate of drug-likeness (QED) is 0.570. The lowest BCUT2D eigenvalue weighted by Gasteiger charge is -2.32. The highest BCUT2D eigenvalue weighted by Crippen LogP contribution is 2.38. The third kappa shape index (κ3) is 2.87. The Kier molecular flexibility index (Phi) is 4.39. The second-order valence-corrected chi connectivity index (χ2v) is 6.55. The van der Waals surface area contributed by atoms with E-state index in [-0.39, 0.29) is 12.5 Å². The number of ether oxygens (including phenoxy) is 1. The largest absolute Gasteiger partial charge is 0.465 e. The van der Waals surface area contributed by atoms with E-state index in [4.69, 9.17) is 4.74 Å². The van der Waals surface area contributed by atoms with Crippen LogP contribution in [-0.4, -0.2) is 28.0 Å². The van der Waals surface area contributed by atoms with Crippen molar-refractivity contribution in [3.63, 3.8) is 0 Å². The van der Waals surface area contributed by atoms with Gasteiger partial charge in [0, 0.05) is 0 Å². The van der Waals surface area contributed by atoms with E-state index in [0.29, 0.717) is 5.95 Å². The fourth-order valence-corrected chi connectivity index (χ4v) is 3.65. The van der Waals surface area contributed by atoms with Gasteiger partial charge in [0.1, 0.15) is 0 Å². The van der Waals surface area contributed by atoms with Gasteiger partial charge in [0.05, 0.1) is 23.7 Å². The molecule has 3 aromatic rings. The van der Waals surface area contributed by atoms with Crippen LogP contribution < -0.4 is 5.32 Å². The molecule has 6 nitrogen and oxygen atoms in total. The SMILES string of the molecule is CCOC(=O)[C@@H]1C(=O)Nc2nc3ccccc3n2[C@H]1c1ccc(CC)cc1. The second kappa shape index (κ2) is 6.87. The number of benzene rings is 2. The fraction of sp³-hybridized carbons (Fsp3) is 0.286. The van der Waals surface area contributed by atoms with Crippen molar-refractivity contribution in [2.45, 2.75) is 26.3 Å². The van der Waals surface area contributed by atoms with Crippen LogP contribution in [0.3, 0.4) is 0 Å². The Bertz CT molecular complexity index is 1010.